The van der Waals surface area contributed by atoms with Gasteiger partial charge in [0.15, 0.2) is 11.4 Å². The zero-order valence-electron chi connectivity index (χ0n) is 14.9. The van der Waals surface area contributed by atoms with E-state index in [1.54, 1.807) is 32.9 Å². The van der Waals surface area contributed by atoms with Gasteiger partial charge >= 0.3 is 0 Å². The first-order valence-corrected chi connectivity index (χ1v) is 7.99. The number of aliphatic hydroxyl groups is 3. The van der Waals surface area contributed by atoms with Crippen LogP contribution in [0.4, 0.5) is 0 Å². The molecular weight excluding hydrogens is 308 g/mol. The first-order valence-electron chi connectivity index (χ1n) is 7.99. The Morgan fingerprint density at radius 1 is 1.08 bits per heavy atom. The topological polar surface area (TPSA) is 94.8 Å². The van der Waals surface area contributed by atoms with Gasteiger partial charge in [-0.15, -0.1) is 0 Å². The molecule has 0 saturated carbocycles. The maximum absolute atomic E-state index is 12.6. The number of Topliss-reactive ketones (excluding diaryl/α,β-unsaturated/α-hetero) is 2. The van der Waals surface area contributed by atoms with Crippen molar-refractivity contribution in [2.75, 3.05) is 0 Å². The summed E-state index contributed by atoms with van der Waals surface area (Å²) in [6.45, 7) is 8.86. The molecule has 0 saturated heterocycles. The van der Waals surface area contributed by atoms with Gasteiger partial charge in [0, 0.05) is 18.4 Å². The Labute approximate surface area is 142 Å². The predicted molar refractivity (Wildman–Crippen MR) is 92.7 cm³/mol. The van der Waals surface area contributed by atoms with Gasteiger partial charge < -0.3 is 15.3 Å². The van der Waals surface area contributed by atoms with Crippen molar-refractivity contribution in [1.82, 2.24) is 0 Å². The van der Waals surface area contributed by atoms with Gasteiger partial charge in [0.1, 0.15) is 17.1 Å². The number of hydrogen-bond donors (Lipinski definition) is 3. The van der Waals surface area contributed by atoms with E-state index >= 15 is 0 Å². The second kappa shape index (κ2) is 7.62. The van der Waals surface area contributed by atoms with Crippen molar-refractivity contribution in [2.24, 2.45) is 0 Å². The second-order valence-electron chi connectivity index (χ2n) is 6.49. The fourth-order valence-electron chi connectivity index (χ4n) is 2.41. The third-order valence-corrected chi connectivity index (χ3v) is 3.92. The summed E-state index contributed by atoms with van der Waals surface area (Å²) in [5, 5.41) is 31.6. The average Bonchev–Trinajstić information content (AvgIpc) is 2.50. The molecule has 0 radical (unpaired) electrons. The highest BCUT2D eigenvalue weighted by atomic mass is 16.3. The molecule has 5 nitrogen and oxygen atoms in total. The lowest BCUT2D eigenvalue weighted by Crippen LogP contribution is -2.46. The maximum atomic E-state index is 12.6. The number of carbonyl (C=O) groups is 2. The molecular formula is C19H26O5. The van der Waals surface area contributed by atoms with Crippen molar-refractivity contribution < 1.29 is 24.9 Å². The van der Waals surface area contributed by atoms with Crippen molar-refractivity contribution in [3.63, 3.8) is 0 Å². The van der Waals surface area contributed by atoms with Gasteiger partial charge in [0.05, 0.1) is 0 Å². The number of rotatable bonds is 6. The molecule has 0 amide bonds. The van der Waals surface area contributed by atoms with Crippen molar-refractivity contribution >= 4 is 11.6 Å². The molecule has 0 aromatic heterocycles. The third kappa shape index (κ3) is 3.85. The summed E-state index contributed by atoms with van der Waals surface area (Å²) in [4.78, 5) is 24.8. The van der Waals surface area contributed by atoms with Crippen LogP contribution in [0.25, 0.3) is 0 Å². The number of aliphatic hydroxyl groups excluding tert-OH is 2. The molecule has 24 heavy (non-hydrogen) atoms. The standard InChI is InChI=1S/C19H26O5/c1-6-14(20)15-16(21)13(8-7-11(2)3)17(22)19(24,18(15)23)10-9-12(4)5/h7,9,21-22,24H,6,8,10H2,1-5H3/t19-/m1/s1. The van der Waals surface area contributed by atoms with Gasteiger partial charge in [0.25, 0.3) is 0 Å². The molecule has 3 N–H and O–H groups in total. The molecule has 0 aliphatic heterocycles. The van der Waals surface area contributed by atoms with E-state index < -0.39 is 34.3 Å². The smallest absolute Gasteiger partial charge is 0.209 e. The molecule has 0 bridgehead atoms. The SMILES string of the molecule is CCC(=O)C1=C(O)C(CC=C(C)C)=C(O)[C@](O)(CC=C(C)C)C1=O. The van der Waals surface area contributed by atoms with Crippen LogP contribution < -0.4 is 0 Å². The first kappa shape index (κ1) is 19.9. The molecule has 5 heteroatoms. The van der Waals surface area contributed by atoms with Crippen molar-refractivity contribution in [3.8, 4) is 0 Å². The summed E-state index contributed by atoms with van der Waals surface area (Å²) >= 11 is 0. The molecule has 0 unspecified atom stereocenters. The van der Waals surface area contributed by atoms with Crippen LogP contribution >= 0.6 is 0 Å². The van der Waals surface area contributed by atoms with E-state index in [0.29, 0.717) is 0 Å². The fraction of sp³-hybridized carbons (Fsp3) is 0.474. The Bertz CT molecular complexity index is 668. The molecule has 1 rings (SSSR count). The van der Waals surface area contributed by atoms with E-state index in [2.05, 4.69) is 0 Å². The van der Waals surface area contributed by atoms with Crippen LogP contribution in [0.1, 0.15) is 53.9 Å². The Hall–Kier alpha value is -2.14. The fourth-order valence-corrected chi connectivity index (χ4v) is 2.41. The van der Waals surface area contributed by atoms with Gasteiger partial charge in [-0.2, -0.15) is 0 Å². The van der Waals surface area contributed by atoms with Crippen LogP contribution in [0.2, 0.25) is 0 Å². The zero-order valence-corrected chi connectivity index (χ0v) is 14.9. The van der Waals surface area contributed by atoms with Gasteiger partial charge in [-0.3, -0.25) is 9.59 Å². The van der Waals surface area contributed by atoms with Gasteiger partial charge in [-0.05, 0) is 34.1 Å². The van der Waals surface area contributed by atoms with E-state index in [1.807, 2.05) is 13.8 Å². The van der Waals surface area contributed by atoms with Gasteiger partial charge in [-0.1, -0.05) is 30.2 Å². The van der Waals surface area contributed by atoms with Crippen LogP contribution in [0.15, 0.2) is 46.0 Å². The molecule has 1 atom stereocenters. The lowest BCUT2D eigenvalue weighted by atomic mass is 9.77. The Morgan fingerprint density at radius 3 is 2.08 bits per heavy atom. The second-order valence-corrected chi connectivity index (χ2v) is 6.49. The minimum Gasteiger partial charge on any atom is -0.508 e. The van der Waals surface area contributed by atoms with Crippen LogP contribution in [0.3, 0.4) is 0 Å². The summed E-state index contributed by atoms with van der Waals surface area (Å²) in [6.07, 6.45) is 3.33. The number of hydrogen-bond acceptors (Lipinski definition) is 5. The van der Waals surface area contributed by atoms with E-state index in [0.717, 1.165) is 11.1 Å². The average molecular weight is 334 g/mol. The molecule has 0 aromatic rings. The third-order valence-electron chi connectivity index (χ3n) is 3.92. The minimum absolute atomic E-state index is 0.0113. The summed E-state index contributed by atoms with van der Waals surface area (Å²) in [6, 6.07) is 0. The van der Waals surface area contributed by atoms with Crippen LogP contribution in [0, 0.1) is 0 Å². The molecule has 0 spiro atoms. The van der Waals surface area contributed by atoms with Gasteiger partial charge in [-0.25, -0.2) is 0 Å². The number of carbonyl (C=O) groups excluding carboxylic acids is 2. The zero-order chi connectivity index (χ0) is 18.7. The van der Waals surface area contributed by atoms with Crippen molar-refractivity contribution in [1.29, 1.82) is 0 Å². The van der Waals surface area contributed by atoms with E-state index in [1.165, 1.54) is 0 Å². The lowest BCUT2D eigenvalue weighted by molar-refractivity contribution is -0.135. The molecule has 1 aliphatic carbocycles. The quantitative estimate of drug-likeness (QED) is 0.509. The van der Waals surface area contributed by atoms with E-state index in [9.17, 15) is 24.9 Å². The summed E-state index contributed by atoms with van der Waals surface area (Å²) in [5.74, 6) is -2.64. The summed E-state index contributed by atoms with van der Waals surface area (Å²) in [7, 11) is 0. The molecule has 132 valence electrons. The van der Waals surface area contributed by atoms with E-state index in [4.69, 9.17) is 0 Å². The van der Waals surface area contributed by atoms with E-state index in [-0.39, 0.29) is 24.8 Å². The summed E-state index contributed by atoms with van der Waals surface area (Å²) < 4.78 is 0. The number of allylic oxidation sites excluding steroid dienone is 4. The van der Waals surface area contributed by atoms with Crippen molar-refractivity contribution in [3.05, 3.63) is 46.0 Å². The summed E-state index contributed by atoms with van der Waals surface area (Å²) in [5.41, 5.74) is -0.850. The van der Waals surface area contributed by atoms with Crippen molar-refractivity contribution in [2.45, 2.75) is 59.5 Å². The lowest BCUT2D eigenvalue weighted by Gasteiger charge is -2.32. The number of ketones is 2. The highest BCUT2D eigenvalue weighted by molar-refractivity contribution is 6.25. The minimum atomic E-state index is -2.23. The monoisotopic (exact) mass is 334 g/mol. The van der Waals surface area contributed by atoms with Gasteiger partial charge in [0.2, 0.25) is 5.78 Å². The molecule has 0 heterocycles. The van der Waals surface area contributed by atoms with Crippen LogP contribution in [-0.2, 0) is 9.59 Å². The highest BCUT2D eigenvalue weighted by Crippen LogP contribution is 2.37. The molecule has 1 aliphatic rings. The maximum Gasteiger partial charge on any atom is 0.209 e. The van der Waals surface area contributed by atoms with Crippen LogP contribution in [0.5, 0.6) is 0 Å². The Morgan fingerprint density at radius 2 is 1.62 bits per heavy atom. The predicted octanol–water partition coefficient (Wildman–Crippen LogP) is 3.62. The molecule has 0 fully saturated rings. The normalized spacial score (nSPS) is 21.0. The largest absolute Gasteiger partial charge is 0.508 e. The highest BCUT2D eigenvalue weighted by Gasteiger charge is 2.49. The first-order chi connectivity index (χ1) is 11.1. The van der Waals surface area contributed by atoms with Crippen LogP contribution in [-0.4, -0.2) is 32.5 Å². The Kier molecular flexibility index (Phi) is 6.32. The Balaban J connectivity index is 3.58. The molecule has 0 aromatic carbocycles.